The van der Waals surface area contributed by atoms with Crippen molar-refractivity contribution in [3.63, 3.8) is 0 Å². The quantitative estimate of drug-likeness (QED) is 0.859. The lowest BCUT2D eigenvalue weighted by Gasteiger charge is -2.36. The molecule has 1 saturated heterocycles. The van der Waals surface area contributed by atoms with E-state index in [1.165, 1.54) is 9.87 Å². The number of benzene rings is 1. The van der Waals surface area contributed by atoms with Crippen LogP contribution in [0.5, 0.6) is 0 Å². The van der Waals surface area contributed by atoms with Gasteiger partial charge in [-0.25, -0.2) is 8.42 Å². The Balaban J connectivity index is 1.73. The van der Waals surface area contributed by atoms with E-state index in [-0.39, 0.29) is 11.9 Å². The van der Waals surface area contributed by atoms with Crippen LogP contribution in [0.25, 0.3) is 0 Å². The van der Waals surface area contributed by atoms with Gasteiger partial charge in [0.05, 0.1) is 10.9 Å². The summed E-state index contributed by atoms with van der Waals surface area (Å²) in [6.07, 6.45) is 3.10. The number of fused-ring (bicyclic) bond motifs is 1. The second kappa shape index (κ2) is 6.22. The average molecular weight is 337 g/mol. The lowest BCUT2D eigenvalue weighted by molar-refractivity contribution is -0.123. The smallest absolute Gasteiger partial charge is 0.243 e. The Kier molecular flexibility index (Phi) is 4.44. The number of hydrogen-bond acceptors (Lipinski definition) is 4. The third-order valence-electron chi connectivity index (χ3n) is 4.94. The molecule has 1 aliphatic carbocycles. The molecule has 0 bridgehead atoms. The van der Waals surface area contributed by atoms with Crippen LogP contribution in [0.3, 0.4) is 0 Å². The minimum atomic E-state index is -3.46. The standard InChI is InChI=1S/C16H23N3O3S/c1-12(16(17)20)18-7-9-19(10-8-18)23(21,22)15-6-5-13-3-2-4-14(13)11-15/h5-6,11-12H,2-4,7-10H2,1H3,(H2,17,20)/t12-/m0/s1. The second-order valence-corrected chi connectivity index (χ2v) is 8.24. The van der Waals surface area contributed by atoms with Crippen molar-refractivity contribution in [3.8, 4) is 0 Å². The maximum absolute atomic E-state index is 12.8. The molecule has 0 aromatic heterocycles. The normalized spacial score (nSPS) is 21.1. The molecule has 7 heteroatoms. The fraction of sp³-hybridized carbons (Fsp3) is 0.562. The highest BCUT2D eigenvalue weighted by atomic mass is 32.2. The molecule has 1 heterocycles. The predicted octanol–water partition coefficient (Wildman–Crippen LogP) is 0.355. The first kappa shape index (κ1) is 16.4. The Labute approximate surface area is 137 Å². The van der Waals surface area contributed by atoms with E-state index < -0.39 is 10.0 Å². The number of carbonyl (C=O) groups is 1. The Morgan fingerprint density at radius 3 is 2.43 bits per heavy atom. The fourth-order valence-electron chi connectivity index (χ4n) is 3.37. The molecule has 1 aromatic carbocycles. The molecule has 3 rings (SSSR count). The van der Waals surface area contributed by atoms with E-state index in [4.69, 9.17) is 5.73 Å². The molecule has 0 radical (unpaired) electrons. The second-order valence-electron chi connectivity index (χ2n) is 6.30. The Morgan fingerprint density at radius 2 is 1.78 bits per heavy atom. The molecule has 1 amide bonds. The van der Waals surface area contributed by atoms with Crippen LogP contribution in [0, 0.1) is 0 Å². The van der Waals surface area contributed by atoms with Gasteiger partial charge >= 0.3 is 0 Å². The van der Waals surface area contributed by atoms with Crippen LogP contribution in [0.2, 0.25) is 0 Å². The molecular formula is C16H23N3O3S. The molecule has 2 N–H and O–H groups in total. The van der Waals surface area contributed by atoms with Crippen molar-refractivity contribution in [1.29, 1.82) is 0 Å². The zero-order chi connectivity index (χ0) is 16.6. The summed E-state index contributed by atoms with van der Waals surface area (Å²) in [5.74, 6) is -0.375. The molecule has 126 valence electrons. The van der Waals surface area contributed by atoms with Crippen LogP contribution in [0.4, 0.5) is 0 Å². The van der Waals surface area contributed by atoms with Crippen LogP contribution in [-0.2, 0) is 27.7 Å². The van der Waals surface area contributed by atoms with E-state index in [9.17, 15) is 13.2 Å². The van der Waals surface area contributed by atoms with Crippen LogP contribution in [0.1, 0.15) is 24.5 Å². The fourth-order valence-corrected chi connectivity index (χ4v) is 4.84. The lowest BCUT2D eigenvalue weighted by atomic mass is 10.1. The first-order valence-electron chi connectivity index (χ1n) is 8.05. The number of aryl methyl sites for hydroxylation is 2. The van der Waals surface area contributed by atoms with Crippen molar-refractivity contribution in [2.24, 2.45) is 5.73 Å². The summed E-state index contributed by atoms with van der Waals surface area (Å²) in [6, 6.07) is 5.13. The first-order chi connectivity index (χ1) is 10.9. The van der Waals surface area contributed by atoms with Gasteiger partial charge in [0.2, 0.25) is 15.9 Å². The highest BCUT2D eigenvalue weighted by Gasteiger charge is 2.31. The van der Waals surface area contributed by atoms with Gasteiger partial charge in [-0.05, 0) is 49.4 Å². The molecule has 23 heavy (non-hydrogen) atoms. The minimum absolute atomic E-state index is 0.361. The number of nitrogens with two attached hydrogens (primary N) is 1. The van der Waals surface area contributed by atoms with Crippen LogP contribution in [-0.4, -0.2) is 55.8 Å². The van der Waals surface area contributed by atoms with Crippen LogP contribution < -0.4 is 5.73 Å². The molecule has 6 nitrogen and oxygen atoms in total. The molecule has 0 saturated carbocycles. The van der Waals surface area contributed by atoms with E-state index in [0.29, 0.717) is 31.1 Å². The lowest BCUT2D eigenvalue weighted by Crippen LogP contribution is -2.54. The van der Waals surface area contributed by atoms with Gasteiger partial charge < -0.3 is 5.73 Å². The maximum atomic E-state index is 12.8. The number of carbonyl (C=O) groups excluding carboxylic acids is 1. The van der Waals surface area contributed by atoms with Crippen molar-refractivity contribution < 1.29 is 13.2 Å². The number of rotatable bonds is 4. The average Bonchev–Trinajstić information content (AvgIpc) is 3.01. The van der Waals surface area contributed by atoms with Gasteiger partial charge in [0, 0.05) is 26.2 Å². The van der Waals surface area contributed by atoms with Gasteiger partial charge in [-0.2, -0.15) is 4.31 Å². The summed E-state index contributed by atoms with van der Waals surface area (Å²) in [5, 5.41) is 0. The summed E-state index contributed by atoms with van der Waals surface area (Å²) in [4.78, 5) is 13.6. The van der Waals surface area contributed by atoms with Gasteiger partial charge in [0.25, 0.3) is 0 Å². The summed E-state index contributed by atoms with van der Waals surface area (Å²) in [6.45, 7) is 3.57. The minimum Gasteiger partial charge on any atom is -0.368 e. The maximum Gasteiger partial charge on any atom is 0.243 e. The predicted molar refractivity (Wildman–Crippen MR) is 87.5 cm³/mol. The summed E-state index contributed by atoms with van der Waals surface area (Å²) < 4.78 is 27.1. The molecule has 0 spiro atoms. The van der Waals surface area contributed by atoms with Crippen LogP contribution >= 0.6 is 0 Å². The molecule has 1 atom stereocenters. The number of nitrogens with zero attached hydrogens (tertiary/aromatic N) is 2. The van der Waals surface area contributed by atoms with Crippen LogP contribution in [0.15, 0.2) is 23.1 Å². The zero-order valence-corrected chi connectivity index (χ0v) is 14.2. The van der Waals surface area contributed by atoms with Crippen molar-refractivity contribution in [1.82, 2.24) is 9.21 Å². The Morgan fingerprint density at radius 1 is 1.13 bits per heavy atom. The van der Waals surface area contributed by atoms with E-state index in [1.807, 2.05) is 17.0 Å². The molecule has 0 unspecified atom stereocenters. The molecular weight excluding hydrogens is 314 g/mol. The SMILES string of the molecule is C[C@@H](C(N)=O)N1CCN(S(=O)(=O)c2ccc3c(c2)CCC3)CC1. The molecule has 1 aromatic rings. The van der Waals surface area contributed by atoms with E-state index >= 15 is 0 Å². The van der Waals surface area contributed by atoms with Crippen molar-refractivity contribution in [2.45, 2.75) is 37.1 Å². The molecule has 1 fully saturated rings. The van der Waals surface area contributed by atoms with Gasteiger partial charge in [-0.3, -0.25) is 9.69 Å². The first-order valence-corrected chi connectivity index (χ1v) is 9.49. The van der Waals surface area contributed by atoms with Crippen molar-refractivity contribution >= 4 is 15.9 Å². The summed E-state index contributed by atoms with van der Waals surface area (Å²) in [7, 11) is -3.46. The van der Waals surface area contributed by atoms with Gasteiger partial charge in [0.15, 0.2) is 0 Å². The third kappa shape index (κ3) is 3.13. The summed E-state index contributed by atoms with van der Waals surface area (Å²) in [5.41, 5.74) is 7.74. The number of primary amides is 1. The number of piperazine rings is 1. The van der Waals surface area contributed by atoms with Gasteiger partial charge in [-0.1, -0.05) is 6.07 Å². The van der Waals surface area contributed by atoms with E-state index in [1.54, 1.807) is 13.0 Å². The number of hydrogen-bond donors (Lipinski definition) is 1. The zero-order valence-electron chi connectivity index (χ0n) is 13.4. The van der Waals surface area contributed by atoms with E-state index in [2.05, 4.69) is 0 Å². The van der Waals surface area contributed by atoms with Crippen molar-refractivity contribution in [2.75, 3.05) is 26.2 Å². The van der Waals surface area contributed by atoms with Gasteiger partial charge in [0.1, 0.15) is 0 Å². The molecule has 2 aliphatic rings. The monoisotopic (exact) mass is 337 g/mol. The number of sulfonamides is 1. The topological polar surface area (TPSA) is 83.7 Å². The highest BCUT2D eigenvalue weighted by molar-refractivity contribution is 7.89. The highest BCUT2D eigenvalue weighted by Crippen LogP contribution is 2.26. The number of amides is 1. The van der Waals surface area contributed by atoms with Gasteiger partial charge in [-0.15, -0.1) is 0 Å². The van der Waals surface area contributed by atoms with E-state index in [0.717, 1.165) is 24.8 Å². The largest absolute Gasteiger partial charge is 0.368 e. The Bertz CT molecular complexity index is 709. The molecule has 1 aliphatic heterocycles. The third-order valence-corrected chi connectivity index (χ3v) is 6.84. The Hall–Kier alpha value is -1.44. The van der Waals surface area contributed by atoms with Crippen molar-refractivity contribution in [3.05, 3.63) is 29.3 Å². The summed E-state index contributed by atoms with van der Waals surface area (Å²) >= 11 is 0.